The lowest BCUT2D eigenvalue weighted by molar-refractivity contribution is 0.345. The predicted octanol–water partition coefficient (Wildman–Crippen LogP) is -4.03. The van der Waals surface area contributed by atoms with Crippen molar-refractivity contribution in [3.8, 4) is 172 Å². The second-order valence-electron chi connectivity index (χ2n) is 19.0. The van der Waals surface area contributed by atoms with Crippen molar-refractivity contribution in [2.24, 2.45) is 0 Å². The minimum absolute atomic E-state index is 0.111. The molecule has 34 heteroatoms. The second kappa shape index (κ2) is 16.0. The summed E-state index contributed by atoms with van der Waals surface area (Å²) in [6.07, 6.45) is 0. The molecule has 0 atom stereocenters. The zero-order chi connectivity index (χ0) is 59.6. The minimum atomic E-state index is -1.82. The van der Waals surface area contributed by atoms with Gasteiger partial charge in [-0.15, -0.1) is 0 Å². The van der Waals surface area contributed by atoms with Crippen molar-refractivity contribution in [2.75, 3.05) is 0 Å². The molecule has 81 heavy (non-hydrogen) atoms. The maximum absolute atomic E-state index is 13.2. The highest BCUT2D eigenvalue weighted by atomic mass is 16.4. The smallest absolute Gasteiger partial charge is 0.206 e. The van der Waals surface area contributed by atoms with Gasteiger partial charge in [0.1, 0.15) is 107 Å². The Morgan fingerprint density at radius 3 is 0.852 bits per heavy atom. The van der Waals surface area contributed by atoms with Gasteiger partial charge in [-0.05, 0) is 27.3 Å². The molecule has 0 aliphatic rings. The van der Waals surface area contributed by atoms with Crippen LogP contribution in [0.1, 0.15) is 0 Å². The lowest BCUT2D eigenvalue weighted by Crippen LogP contribution is -2.26. The fourth-order valence-electron chi connectivity index (χ4n) is 10.7. The van der Waals surface area contributed by atoms with Gasteiger partial charge in [-0.1, -0.05) is 0 Å². The number of benzene rings is 7. The first-order valence-electron chi connectivity index (χ1n) is 23.0. The molecule has 0 saturated carbocycles. The van der Waals surface area contributed by atoms with Crippen LogP contribution >= 0.6 is 0 Å². The average molecular weight is 1110 g/mol. The van der Waals surface area contributed by atoms with Gasteiger partial charge in [0, 0.05) is 0 Å². The second-order valence-corrected chi connectivity index (χ2v) is 19.0. The lowest BCUT2D eigenvalue weighted by Gasteiger charge is -2.24. The molecule has 0 amide bonds. The Hall–Kier alpha value is -11.6. The predicted molar refractivity (Wildman–Crippen MR) is 295 cm³/mol. The summed E-state index contributed by atoms with van der Waals surface area (Å²) >= 11 is 0. The van der Waals surface area contributed by atoms with Crippen LogP contribution in [-0.4, -0.2) is 186 Å². The van der Waals surface area contributed by atoms with Gasteiger partial charge in [-0.2, -0.15) is 0 Å². The van der Waals surface area contributed by atoms with Gasteiger partial charge in [0.25, 0.3) is 0 Å². The standard InChI is InChI=1S/C47H35B5N4O25/c48-9-10(49)30(66)14-1(21(9)57)3-15(31(67)12(51)33(69)23(3)59)55(14)46-28(64)8(29(65)47(53-46)56-16-5(24(60)34(70)13(52)32(16)68)6-20(56)39(75)45(81)41(77)26(6)62)7-19(38(74)44(80)42(78)27(7)63)54-17-2(22(58)11(50)35(71)36(17)72)4-18(54)37(73)43(79)40(76)25(4)61/h57-81H,48-52H2. The SMILES string of the molecule is Bc1c(B)c(O)c2c(c1O)c1c(O)c(O)c(B)c(O)c1n2-c1nc(-n2c3c(O)c(B)c(O)c(O)c3c3c(O)c(O)c(O)c(O)c32)c(O)c(-c2c(O)c(O)c(O)c(O)c2-n2c3c(O)c(O)c(B)c(O)c3c3c(O)c(O)c(O)c(O)c32)c1O. The molecule has 0 aliphatic heterocycles. The van der Waals surface area contributed by atoms with Gasteiger partial charge in [0.2, 0.25) is 34.5 Å². The molecule has 7 aromatic carbocycles. The van der Waals surface area contributed by atoms with Gasteiger partial charge < -0.3 is 128 Å². The van der Waals surface area contributed by atoms with Crippen LogP contribution in [0.2, 0.25) is 0 Å². The van der Waals surface area contributed by atoms with Crippen molar-refractivity contribution in [1.82, 2.24) is 18.7 Å². The zero-order valence-electron chi connectivity index (χ0n) is 41.5. The first-order chi connectivity index (χ1) is 37.8. The number of aromatic hydroxyl groups is 25. The van der Waals surface area contributed by atoms with Gasteiger partial charge in [0.05, 0.1) is 43.4 Å². The lowest BCUT2D eigenvalue weighted by atomic mass is 9.78. The van der Waals surface area contributed by atoms with Crippen molar-refractivity contribution in [1.29, 1.82) is 0 Å². The van der Waals surface area contributed by atoms with Crippen molar-refractivity contribution >= 4 is 132 Å². The summed E-state index contributed by atoms with van der Waals surface area (Å²) in [5, 5.41) is 287. The van der Waals surface area contributed by atoms with E-state index in [9.17, 15) is 128 Å². The Morgan fingerprint density at radius 2 is 0.444 bits per heavy atom. The van der Waals surface area contributed by atoms with E-state index in [2.05, 4.69) is 4.98 Å². The Labute approximate surface area is 449 Å². The molecule has 25 N–H and O–H groups in total. The molecule has 0 aliphatic carbocycles. The Kier molecular flexibility index (Phi) is 10.2. The minimum Gasteiger partial charge on any atom is -0.508 e. The van der Waals surface area contributed by atoms with Crippen LogP contribution in [0.25, 0.3) is 93.9 Å². The zero-order valence-corrected chi connectivity index (χ0v) is 41.5. The highest BCUT2D eigenvalue weighted by Gasteiger charge is 2.41. The molecule has 11 aromatic rings. The Bertz CT molecular complexity index is 4480. The average Bonchev–Trinajstić information content (AvgIpc) is 2.88. The molecule has 0 fully saturated rings. The molecule has 408 valence electrons. The molecule has 0 spiro atoms. The molecule has 4 aromatic heterocycles. The maximum atomic E-state index is 13.2. The van der Waals surface area contributed by atoms with E-state index in [0.717, 1.165) is 23.5 Å². The van der Waals surface area contributed by atoms with Crippen LogP contribution < -0.4 is 27.3 Å². The van der Waals surface area contributed by atoms with Crippen LogP contribution in [-0.2, 0) is 0 Å². The van der Waals surface area contributed by atoms with Gasteiger partial charge in [-0.25, -0.2) is 4.98 Å². The monoisotopic (exact) mass is 1110 g/mol. The third-order valence-electron chi connectivity index (χ3n) is 15.1. The molecule has 0 radical (unpaired) electrons. The van der Waals surface area contributed by atoms with E-state index in [1.54, 1.807) is 0 Å². The van der Waals surface area contributed by atoms with Crippen molar-refractivity contribution in [2.45, 2.75) is 0 Å². The number of nitrogens with zero attached hydrogens (tertiary/aromatic N) is 4. The van der Waals surface area contributed by atoms with Gasteiger partial charge in [0.15, 0.2) is 92.1 Å². The van der Waals surface area contributed by atoms with Crippen LogP contribution in [0.5, 0.6) is 144 Å². The first-order valence-corrected chi connectivity index (χ1v) is 23.0. The van der Waals surface area contributed by atoms with Crippen molar-refractivity contribution in [3.05, 3.63) is 0 Å². The third kappa shape index (κ3) is 5.78. The third-order valence-corrected chi connectivity index (χ3v) is 15.1. The van der Waals surface area contributed by atoms with E-state index in [4.69, 9.17) is 0 Å². The summed E-state index contributed by atoms with van der Waals surface area (Å²) in [4.78, 5) is 4.40. The number of pyridine rings is 1. The topological polar surface area (TPSA) is 533 Å². The number of hydrogen-bond donors (Lipinski definition) is 25. The fourth-order valence-corrected chi connectivity index (χ4v) is 10.7. The van der Waals surface area contributed by atoms with E-state index in [0.29, 0.717) is 9.13 Å². The summed E-state index contributed by atoms with van der Waals surface area (Å²) in [6.45, 7) is 0. The molecule has 0 bridgehead atoms. The summed E-state index contributed by atoms with van der Waals surface area (Å²) in [5.74, 6) is -37.7. The van der Waals surface area contributed by atoms with Crippen LogP contribution in [0.15, 0.2) is 0 Å². The fraction of sp³-hybridized carbons (Fsp3) is 0. The van der Waals surface area contributed by atoms with Crippen molar-refractivity contribution in [3.63, 3.8) is 0 Å². The summed E-state index contributed by atoms with van der Waals surface area (Å²) in [7, 11) is 5.56. The van der Waals surface area contributed by atoms with E-state index in [1.165, 1.54) is 15.7 Å². The largest absolute Gasteiger partial charge is 0.508 e. The molecule has 11 rings (SSSR count). The molecular weight excluding hydrogens is 1070 g/mol. The number of phenolic OH excluding ortho intramolecular Hbond substituents is 23. The summed E-state index contributed by atoms with van der Waals surface area (Å²) in [5.41, 5.74) is -12.7. The van der Waals surface area contributed by atoms with Crippen LogP contribution in [0, 0.1) is 0 Å². The normalized spacial score (nSPS) is 12.0. The molecular formula is C47H35B5N4O25. The highest BCUT2D eigenvalue weighted by Crippen LogP contribution is 2.64. The number of phenols is 23. The Morgan fingerprint density at radius 1 is 0.198 bits per heavy atom. The maximum Gasteiger partial charge on any atom is 0.206 e. The van der Waals surface area contributed by atoms with Crippen LogP contribution in [0.3, 0.4) is 0 Å². The van der Waals surface area contributed by atoms with E-state index in [-0.39, 0.29) is 15.5 Å². The molecule has 29 nitrogen and oxygen atoms in total. The quantitative estimate of drug-likeness (QED) is 0.0453. The summed E-state index contributed by atoms with van der Waals surface area (Å²) in [6, 6.07) is 0. The van der Waals surface area contributed by atoms with Crippen LogP contribution in [0.4, 0.5) is 0 Å². The molecule has 0 unspecified atom stereocenters. The summed E-state index contributed by atoms with van der Waals surface area (Å²) < 4.78 is 1.07. The highest BCUT2D eigenvalue weighted by molar-refractivity contribution is 6.53. The number of aromatic nitrogens is 4. The molecule has 4 heterocycles. The van der Waals surface area contributed by atoms with E-state index < -0.39 is 254 Å². The van der Waals surface area contributed by atoms with Gasteiger partial charge in [-0.3, -0.25) is 13.7 Å². The van der Waals surface area contributed by atoms with Crippen molar-refractivity contribution < 1.29 is 128 Å². The van der Waals surface area contributed by atoms with E-state index >= 15 is 0 Å². The number of fused-ring (bicyclic) bond motifs is 9. The first kappa shape index (κ1) is 51.5. The Balaban J connectivity index is 1.51. The number of rotatable bonds is 4. The van der Waals surface area contributed by atoms with E-state index in [1.807, 2.05) is 0 Å². The number of hydrogen-bond acceptors (Lipinski definition) is 26. The molecule has 0 saturated heterocycles. The van der Waals surface area contributed by atoms with Gasteiger partial charge >= 0.3 is 0 Å².